The van der Waals surface area contributed by atoms with E-state index in [2.05, 4.69) is 19.3 Å². The normalized spacial score (nSPS) is 11.5. The Morgan fingerprint density at radius 1 is 1.62 bits per heavy atom. The smallest absolute Gasteiger partial charge is 0.473 e. The number of Topliss-reactive ketones (excluding diaryl/α,β-unsaturated/α-hetero) is 1. The van der Waals surface area contributed by atoms with Gasteiger partial charge in [0.25, 0.3) is 0 Å². The molecule has 1 N–H and O–H groups in total. The largest absolute Gasteiger partial charge is 2.00 e. The molecule has 0 aromatic carbocycles. The Bertz CT molecular complexity index is 117. The molecule has 0 spiro atoms. The van der Waals surface area contributed by atoms with Gasteiger partial charge in [-0.15, -0.1) is 0 Å². The molecule has 2 nitrogen and oxygen atoms in total. The summed E-state index contributed by atoms with van der Waals surface area (Å²) < 4.78 is 6.97. The number of rotatable bonds is 4. The van der Waals surface area contributed by atoms with Crippen LogP contribution in [-0.4, -0.2) is 12.3 Å². The van der Waals surface area contributed by atoms with Crippen molar-refractivity contribution in [2.45, 2.75) is 33.6 Å². The number of ketones is 1. The molecule has 0 aliphatic rings. The summed E-state index contributed by atoms with van der Waals surface area (Å²) in [4.78, 5) is 10.4. The van der Waals surface area contributed by atoms with Crippen molar-refractivity contribution >= 4 is 5.78 Å². The molecule has 0 aromatic rings. The van der Waals surface area contributed by atoms with E-state index in [4.69, 9.17) is 1.37 Å². The third kappa shape index (κ3) is 24.5. The van der Waals surface area contributed by atoms with Crippen LogP contribution in [0.5, 0.6) is 0 Å². The van der Waals surface area contributed by atoms with Crippen LogP contribution >= 0.6 is 0 Å². The molecule has 1 atom stereocenters. The molecule has 0 rings (SSSR count). The van der Waals surface area contributed by atoms with Gasteiger partial charge in [0.2, 0.25) is 0 Å². The minimum atomic E-state index is -0.0471. The molecule has 0 saturated heterocycles. The van der Waals surface area contributed by atoms with Crippen molar-refractivity contribution in [1.29, 1.82) is 0 Å². The van der Waals surface area contributed by atoms with Crippen LogP contribution in [0.25, 0.3) is 0 Å². The van der Waals surface area contributed by atoms with Crippen molar-refractivity contribution in [3.63, 3.8) is 0 Å². The van der Waals surface area contributed by atoms with Crippen LogP contribution < -0.4 is 5.32 Å². The molecule has 13 heavy (non-hydrogen) atoms. The average Bonchev–Trinajstić information content (AvgIpc) is 2.14. The summed E-state index contributed by atoms with van der Waals surface area (Å²) in [5.74, 6) is 0.184. The molecule has 0 bridgehead atoms. The zero-order chi connectivity index (χ0) is 10.7. The topological polar surface area (TPSA) is 29.1 Å². The van der Waals surface area contributed by atoms with Crippen molar-refractivity contribution in [2.75, 3.05) is 6.54 Å². The first-order valence-electron chi connectivity index (χ1n) is 4.96. The molecular weight excluding hydrogens is 334 g/mol. The minimum absolute atomic E-state index is 0. The Kier molecular flexibility index (Phi) is 17.7. The van der Waals surface area contributed by atoms with E-state index in [1.54, 1.807) is 0 Å². The van der Waals surface area contributed by atoms with Gasteiger partial charge in [-0.3, -0.25) is 7.05 Å². The standard InChI is InChI=1S/C7H13O.C3H8N.W/c1-4-6(2)5-7(3)8;1-3-4-2;/h6H,3-5H2,1-2H3;4H,2-3H2,1H3;/q2*-1;+2/i2D;;. The molecule has 0 saturated carbocycles. The molecule has 1 unspecified atom stereocenters. The molecular formula is C10H21NOW. The number of hydrogen-bond donors (Lipinski definition) is 1. The van der Waals surface area contributed by atoms with Crippen LogP contribution in [0.15, 0.2) is 0 Å². The van der Waals surface area contributed by atoms with Gasteiger partial charge in [0.15, 0.2) is 0 Å². The summed E-state index contributed by atoms with van der Waals surface area (Å²) in [5.41, 5.74) is 0. The van der Waals surface area contributed by atoms with Gasteiger partial charge >= 0.3 is 21.1 Å². The van der Waals surface area contributed by atoms with Gasteiger partial charge in [-0.1, -0.05) is 27.2 Å². The number of nitrogens with one attached hydrogen (secondary N) is 1. The van der Waals surface area contributed by atoms with Gasteiger partial charge in [0.1, 0.15) is 0 Å². The zero-order valence-corrected chi connectivity index (χ0v) is 11.6. The van der Waals surface area contributed by atoms with Crippen molar-refractivity contribution in [1.82, 2.24) is 5.32 Å². The molecule has 0 heterocycles. The van der Waals surface area contributed by atoms with E-state index in [1.165, 1.54) is 0 Å². The third-order valence-electron chi connectivity index (χ3n) is 1.34. The Hall–Kier alpha value is 0.188. The van der Waals surface area contributed by atoms with Crippen LogP contribution in [0.2, 0.25) is 0 Å². The fourth-order valence-electron chi connectivity index (χ4n) is 0.466. The Morgan fingerprint density at radius 2 is 2.08 bits per heavy atom. The van der Waals surface area contributed by atoms with Crippen LogP contribution in [0, 0.1) is 19.9 Å². The van der Waals surface area contributed by atoms with Crippen molar-refractivity contribution in [3.8, 4) is 0 Å². The summed E-state index contributed by atoms with van der Waals surface area (Å²) in [6.07, 6.45) is 1.38. The fourth-order valence-corrected chi connectivity index (χ4v) is 0.466. The summed E-state index contributed by atoms with van der Waals surface area (Å²) in [5, 5.41) is 2.68. The predicted molar refractivity (Wildman–Crippen MR) is 53.5 cm³/mol. The summed E-state index contributed by atoms with van der Waals surface area (Å²) >= 11 is 0. The molecule has 0 radical (unpaired) electrons. The average molecular weight is 356 g/mol. The molecule has 0 fully saturated rings. The molecule has 3 heteroatoms. The van der Waals surface area contributed by atoms with E-state index in [-0.39, 0.29) is 32.8 Å². The van der Waals surface area contributed by atoms with Crippen LogP contribution in [0.1, 0.15) is 35.0 Å². The number of carbonyl (C=O) groups is 1. The van der Waals surface area contributed by atoms with Crippen molar-refractivity contribution in [3.05, 3.63) is 14.0 Å². The first-order valence-corrected chi connectivity index (χ1v) is 4.26. The molecule has 0 aliphatic heterocycles. The van der Waals surface area contributed by atoms with Gasteiger partial charge in [0.05, 0.1) is 0 Å². The van der Waals surface area contributed by atoms with Crippen molar-refractivity contribution < 1.29 is 27.2 Å². The van der Waals surface area contributed by atoms with Gasteiger partial charge in [-0.2, -0.15) is 0 Å². The van der Waals surface area contributed by atoms with Crippen LogP contribution in [0.4, 0.5) is 0 Å². The van der Waals surface area contributed by atoms with E-state index >= 15 is 0 Å². The second-order valence-corrected chi connectivity index (χ2v) is 2.62. The summed E-state index contributed by atoms with van der Waals surface area (Å²) in [6.45, 7) is 8.55. The summed E-state index contributed by atoms with van der Waals surface area (Å²) in [6, 6.07) is 0. The Labute approximate surface area is 98.5 Å². The van der Waals surface area contributed by atoms with E-state index in [9.17, 15) is 4.79 Å². The van der Waals surface area contributed by atoms with Gasteiger partial charge in [-0.25, -0.2) is 0 Å². The maximum Gasteiger partial charge on any atom is 2.00 e. The monoisotopic (exact) mass is 356 g/mol. The minimum Gasteiger partial charge on any atom is -0.473 e. The molecule has 0 amide bonds. The van der Waals surface area contributed by atoms with Gasteiger partial charge in [-0.05, 0) is 24.7 Å². The first-order chi connectivity index (χ1) is 6.12. The molecule has 78 valence electrons. The van der Waals surface area contributed by atoms with Gasteiger partial charge in [0, 0.05) is 1.37 Å². The van der Waals surface area contributed by atoms with Crippen LogP contribution in [0.3, 0.4) is 0 Å². The maximum atomic E-state index is 10.4. The third-order valence-corrected chi connectivity index (χ3v) is 1.34. The quantitative estimate of drug-likeness (QED) is 0.783. The van der Waals surface area contributed by atoms with E-state index < -0.39 is 0 Å². The van der Waals surface area contributed by atoms with Gasteiger partial charge < -0.3 is 17.0 Å². The van der Waals surface area contributed by atoms with E-state index in [1.807, 2.05) is 13.8 Å². The maximum absolute atomic E-state index is 10.4. The number of carbonyl (C=O) groups excluding carboxylic acids is 1. The van der Waals surface area contributed by atoms with E-state index in [0.717, 1.165) is 13.0 Å². The molecule has 0 aromatic heterocycles. The SMILES string of the molecule is [2H]CC(CC)CC([CH2-])=O.[CH2-]NCC.[W+2]. The molecule has 0 aliphatic carbocycles. The Balaban J connectivity index is -0.000000209. The summed E-state index contributed by atoms with van der Waals surface area (Å²) in [7, 11) is 3.35. The Morgan fingerprint density at radius 3 is 2.15 bits per heavy atom. The number of hydrogen-bond acceptors (Lipinski definition) is 2. The van der Waals surface area contributed by atoms with E-state index in [0.29, 0.717) is 13.3 Å². The predicted octanol–water partition coefficient (Wildman–Crippen LogP) is 2.21. The first kappa shape index (κ1) is 15.7. The fraction of sp³-hybridized carbons (Fsp3) is 0.700. The second-order valence-electron chi connectivity index (χ2n) is 2.62. The van der Waals surface area contributed by atoms with Crippen molar-refractivity contribution in [2.24, 2.45) is 5.92 Å². The second kappa shape index (κ2) is 14.7. The van der Waals surface area contributed by atoms with Crippen LogP contribution in [-0.2, 0) is 25.9 Å². The zero-order valence-electron chi connectivity index (χ0n) is 9.64.